The summed E-state index contributed by atoms with van der Waals surface area (Å²) < 4.78 is 4.39. The van der Waals surface area contributed by atoms with Crippen LogP contribution in [0.25, 0.3) is 0 Å². The SMILES string of the molecule is O=[C-]OC1=CC(=O)CCC1.[Y]. The van der Waals surface area contributed by atoms with Crippen LogP contribution in [0.3, 0.4) is 0 Å². The Morgan fingerprint density at radius 2 is 2.18 bits per heavy atom. The zero-order chi connectivity index (χ0) is 7.40. The van der Waals surface area contributed by atoms with Crippen molar-refractivity contribution in [2.75, 3.05) is 0 Å². The van der Waals surface area contributed by atoms with Gasteiger partial charge in [-0.3, -0.25) is 4.79 Å². The molecule has 1 aliphatic carbocycles. The van der Waals surface area contributed by atoms with Crippen molar-refractivity contribution in [3.63, 3.8) is 0 Å². The van der Waals surface area contributed by atoms with Gasteiger partial charge >= 0.3 is 0 Å². The van der Waals surface area contributed by atoms with E-state index in [0.29, 0.717) is 18.6 Å². The zero-order valence-corrected chi connectivity index (χ0v) is 8.84. The van der Waals surface area contributed by atoms with E-state index in [-0.39, 0.29) is 38.5 Å². The van der Waals surface area contributed by atoms with Crippen LogP contribution in [0.4, 0.5) is 0 Å². The molecule has 0 spiro atoms. The summed E-state index contributed by atoms with van der Waals surface area (Å²) in [6, 6.07) is 0. The first kappa shape index (κ1) is 11.0. The average Bonchev–Trinajstić information content (AvgIpc) is 1.88. The van der Waals surface area contributed by atoms with E-state index >= 15 is 0 Å². The van der Waals surface area contributed by atoms with Gasteiger partial charge < -0.3 is 9.53 Å². The van der Waals surface area contributed by atoms with Crippen LogP contribution in [0.5, 0.6) is 0 Å². The summed E-state index contributed by atoms with van der Waals surface area (Å²) in [6.45, 7) is 1.29. The van der Waals surface area contributed by atoms with E-state index in [4.69, 9.17) is 0 Å². The molecule has 0 bridgehead atoms. The van der Waals surface area contributed by atoms with E-state index in [0.717, 1.165) is 6.42 Å². The van der Waals surface area contributed by atoms with Crippen molar-refractivity contribution in [1.29, 1.82) is 0 Å². The van der Waals surface area contributed by atoms with E-state index in [2.05, 4.69) is 4.74 Å². The minimum atomic E-state index is 0. The van der Waals surface area contributed by atoms with Crippen molar-refractivity contribution in [2.24, 2.45) is 0 Å². The Hall–Kier alpha value is -0.0161. The van der Waals surface area contributed by atoms with Crippen molar-refractivity contribution in [2.45, 2.75) is 19.3 Å². The van der Waals surface area contributed by atoms with Crippen LogP contribution in [0.1, 0.15) is 19.3 Å². The molecule has 0 aromatic heterocycles. The van der Waals surface area contributed by atoms with Gasteiger partial charge in [-0.2, -0.15) is 0 Å². The van der Waals surface area contributed by atoms with Crippen LogP contribution in [0, 0.1) is 0 Å². The molecule has 4 heteroatoms. The maximum Gasteiger partial charge on any atom is 0.169 e. The van der Waals surface area contributed by atoms with Crippen molar-refractivity contribution < 1.29 is 47.0 Å². The monoisotopic (exact) mass is 228 g/mol. The summed E-state index contributed by atoms with van der Waals surface area (Å²) in [5.74, 6) is 0.461. The van der Waals surface area contributed by atoms with Crippen LogP contribution in [0.2, 0.25) is 0 Å². The van der Waals surface area contributed by atoms with Gasteiger partial charge in [0.15, 0.2) is 6.47 Å². The predicted octanol–water partition coefficient (Wildman–Crippen LogP) is 0.705. The van der Waals surface area contributed by atoms with Crippen LogP contribution < -0.4 is 0 Å². The Morgan fingerprint density at radius 1 is 1.45 bits per heavy atom. The maximum absolute atomic E-state index is 10.7. The Morgan fingerprint density at radius 3 is 2.73 bits per heavy atom. The summed E-state index contributed by atoms with van der Waals surface area (Å²) >= 11 is 0. The summed E-state index contributed by atoms with van der Waals surface area (Å²) in [5.41, 5.74) is 0. The number of carbonyl (C=O) groups excluding carboxylic acids is 2. The number of carbonyl (C=O) groups is 1. The second kappa shape index (κ2) is 5.61. The van der Waals surface area contributed by atoms with Gasteiger partial charge in [-0.25, -0.2) is 0 Å². The quantitative estimate of drug-likeness (QED) is 0.653. The third kappa shape index (κ3) is 3.78. The average molecular weight is 228 g/mol. The van der Waals surface area contributed by atoms with Crippen LogP contribution in [-0.4, -0.2) is 12.3 Å². The molecule has 0 saturated heterocycles. The Bertz CT molecular complexity index is 186. The molecule has 1 radical (unpaired) electrons. The van der Waals surface area contributed by atoms with Crippen molar-refractivity contribution in [3.8, 4) is 0 Å². The van der Waals surface area contributed by atoms with E-state index in [9.17, 15) is 9.59 Å². The summed E-state index contributed by atoms with van der Waals surface area (Å²) in [5, 5.41) is 0. The fraction of sp³-hybridized carbons (Fsp3) is 0.429. The number of ether oxygens (including phenoxy) is 1. The molecule has 1 aliphatic rings. The molecule has 0 saturated carbocycles. The van der Waals surface area contributed by atoms with Gasteiger partial charge in [-0.1, -0.05) is 18.9 Å². The van der Waals surface area contributed by atoms with Crippen molar-refractivity contribution in [1.82, 2.24) is 0 Å². The molecule has 57 valence electrons. The third-order valence-corrected chi connectivity index (χ3v) is 1.34. The van der Waals surface area contributed by atoms with Gasteiger partial charge in [0.25, 0.3) is 0 Å². The Kier molecular flexibility index (Phi) is 5.60. The number of hydrogen-bond acceptors (Lipinski definition) is 3. The molecule has 0 unspecified atom stereocenters. The van der Waals surface area contributed by atoms with Gasteiger partial charge in [0.2, 0.25) is 0 Å². The fourth-order valence-electron chi connectivity index (χ4n) is 0.895. The minimum Gasteiger partial charge on any atom is -0.613 e. The van der Waals surface area contributed by atoms with E-state index in [1.165, 1.54) is 12.5 Å². The van der Waals surface area contributed by atoms with E-state index in [1.54, 1.807) is 0 Å². The molecule has 0 aromatic rings. The normalized spacial score (nSPS) is 16.4. The number of rotatable bonds is 2. The molecule has 0 N–H and O–H groups in total. The molecule has 0 aliphatic heterocycles. The van der Waals surface area contributed by atoms with E-state index < -0.39 is 0 Å². The fourth-order valence-corrected chi connectivity index (χ4v) is 0.895. The maximum atomic E-state index is 10.7. The van der Waals surface area contributed by atoms with Gasteiger partial charge in [-0.05, 0) is 5.76 Å². The Balaban J connectivity index is 0.000001000. The molecule has 0 fully saturated rings. The molecule has 0 aromatic carbocycles. The first-order chi connectivity index (χ1) is 4.83. The largest absolute Gasteiger partial charge is 0.613 e. The van der Waals surface area contributed by atoms with E-state index in [1.807, 2.05) is 0 Å². The molecule has 11 heavy (non-hydrogen) atoms. The third-order valence-electron chi connectivity index (χ3n) is 1.34. The number of hydrogen-bond donors (Lipinski definition) is 0. The smallest absolute Gasteiger partial charge is 0.169 e. The molecule has 3 nitrogen and oxygen atoms in total. The van der Waals surface area contributed by atoms with Gasteiger partial charge in [0.1, 0.15) is 5.78 Å². The van der Waals surface area contributed by atoms with Crippen LogP contribution in [-0.2, 0) is 47.0 Å². The summed E-state index contributed by atoms with van der Waals surface area (Å²) in [4.78, 5) is 20.3. The summed E-state index contributed by atoms with van der Waals surface area (Å²) in [6.07, 6.45) is 3.35. The first-order valence-electron chi connectivity index (χ1n) is 3.10. The molecule has 0 heterocycles. The van der Waals surface area contributed by atoms with Crippen molar-refractivity contribution in [3.05, 3.63) is 11.8 Å². The molecule has 1 rings (SSSR count). The summed E-state index contributed by atoms with van der Waals surface area (Å²) in [7, 11) is 0. The van der Waals surface area contributed by atoms with Gasteiger partial charge in [0, 0.05) is 39.1 Å². The second-order valence-electron chi connectivity index (χ2n) is 2.12. The van der Waals surface area contributed by atoms with Gasteiger partial charge in [-0.15, -0.1) is 0 Å². The molecule has 0 amide bonds. The number of ketones is 1. The predicted molar refractivity (Wildman–Crippen MR) is 33.7 cm³/mol. The second-order valence-corrected chi connectivity index (χ2v) is 2.12. The number of allylic oxidation sites excluding steroid dienone is 2. The topological polar surface area (TPSA) is 43.4 Å². The minimum absolute atomic E-state index is 0. The van der Waals surface area contributed by atoms with Crippen LogP contribution >= 0.6 is 0 Å². The zero-order valence-electron chi connectivity index (χ0n) is 6.00. The molecule has 0 atom stereocenters. The molecular weight excluding hydrogens is 221 g/mol. The molecular formula is C7H7O3Y-. The van der Waals surface area contributed by atoms with Crippen molar-refractivity contribution >= 4 is 12.3 Å². The van der Waals surface area contributed by atoms with Crippen LogP contribution in [0.15, 0.2) is 11.8 Å². The van der Waals surface area contributed by atoms with Gasteiger partial charge in [0.05, 0.1) is 0 Å². The first-order valence-corrected chi connectivity index (χ1v) is 3.10. The standard InChI is InChI=1S/C7H7O3.Y/c8-5-10-7-3-1-2-6(9)4-7;/h4H,1-3H2;/q-1;. The Labute approximate surface area is 90.1 Å².